The molecule has 2 rings (SSSR count). The topological polar surface area (TPSA) is 67.4 Å². The summed E-state index contributed by atoms with van der Waals surface area (Å²) >= 11 is 3.46. The van der Waals surface area contributed by atoms with Crippen LogP contribution in [0.1, 0.15) is 35.7 Å². The number of hydrogen-bond donors (Lipinski definition) is 2. The molecule has 0 spiro atoms. The molecule has 2 amide bonds. The van der Waals surface area contributed by atoms with Crippen molar-refractivity contribution in [3.05, 3.63) is 40.5 Å². The van der Waals surface area contributed by atoms with Gasteiger partial charge in [-0.2, -0.15) is 11.8 Å². The van der Waals surface area contributed by atoms with E-state index in [1.54, 1.807) is 29.3 Å². The number of aryl methyl sites for hydroxylation is 1. The van der Waals surface area contributed by atoms with Gasteiger partial charge in [-0.25, -0.2) is 0 Å². The smallest absolute Gasteiger partial charge is 0.291 e. The highest BCUT2D eigenvalue weighted by molar-refractivity contribution is 8.02. The van der Waals surface area contributed by atoms with E-state index in [-0.39, 0.29) is 11.8 Å². The maximum Gasteiger partial charge on any atom is 0.291 e. The fraction of sp³-hybridized carbons (Fsp3) is 0.474. The van der Waals surface area contributed by atoms with Gasteiger partial charge in [-0.15, -0.1) is 11.8 Å². The van der Waals surface area contributed by atoms with E-state index < -0.39 is 0 Å². The fourth-order valence-electron chi connectivity index (χ4n) is 2.29. The lowest BCUT2D eigenvalue weighted by Crippen LogP contribution is -2.25. The summed E-state index contributed by atoms with van der Waals surface area (Å²) in [6, 6.07) is 5.33. The van der Waals surface area contributed by atoms with Crippen molar-refractivity contribution in [2.75, 3.05) is 35.7 Å². The van der Waals surface area contributed by atoms with E-state index in [1.165, 1.54) is 6.42 Å². The summed E-state index contributed by atoms with van der Waals surface area (Å²) in [6.07, 6.45) is 2.13. The highest BCUT2D eigenvalue weighted by Gasteiger charge is 2.16. The molecule has 0 atom stereocenters. The second-order valence-corrected chi connectivity index (χ2v) is 8.11. The van der Waals surface area contributed by atoms with Crippen LogP contribution in [0.2, 0.25) is 0 Å². The molecule has 0 saturated heterocycles. The summed E-state index contributed by atoms with van der Waals surface area (Å²) in [5.41, 5.74) is 2.07. The zero-order valence-corrected chi connectivity index (χ0v) is 16.9. The molecular formula is C19H26N2O3S2. The van der Waals surface area contributed by atoms with Crippen LogP contribution in [0.15, 0.2) is 29.4 Å². The van der Waals surface area contributed by atoms with Gasteiger partial charge in [0.1, 0.15) is 0 Å². The molecule has 1 aliphatic heterocycles. The van der Waals surface area contributed by atoms with Crippen LogP contribution in [0, 0.1) is 6.92 Å². The first kappa shape index (κ1) is 20.7. The molecule has 0 saturated carbocycles. The third kappa shape index (κ3) is 6.61. The van der Waals surface area contributed by atoms with Crippen LogP contribution in [0.3, 0.4) is 0 Å². The molecule has 1 aliphatic rings. The van der Waals surface area contributed by atoms with Crippen molar-refractivity contribution in [3.8, 4) is 0 Å². The summed E-state index contributed by atoms with van der Waals surface area (Å²) in [7, 11) is 0. The quantitative estimate of drug-likeness (QED) is 0.624. The van der Waals surface area contributed by atoms with E-state index in [9.17, 15) is 9.59 Å². The minimum absolute atomic E-state index is 0.121. The van der Waals surface area contributed by atoms with Crippen LogP contribution in [-0.2, 0) is 9.53 Å². The molecule has 0 radical (unpaired) electrons. The molecule has 1 aromatic carbocycles. The van der Waals surface area contributed by atoms with Gasteiger partial charge in [0.2, 0.25) is 0 Å². The number of hydrogen-bond acceptors (Lipinski definition) is 5. The van der Waals surface area contributed by atoms with Gasteiger partial charge >= 0.3 is 0 Å². The third-order valence-electron chi connectivity index (χ3n) is 3.72. The summed E-state index contributed by atoms with van der Waals surface area (Å²) < 4.78 is 5.37. The number of thioether (sulfide) groups is 2. The molecule has 0 fully saturated rings. The molecule has 26 heavy (non-hydrogen) atoms. The van der Waals surface area contributed by atoms with Gasteiger partial charge in [0.25, 0.3) is 11.8 Å². The zero-order valence-electron chi connectivity index (χ0n) is 15.3. The van der Waals surface area contributed by atoms with E-state index in [4.69, 9.17) is 4.74 Å². The second-order valence-electron chi connectivity index (χ2n) is 5.91. The fourth-order valence-corrected chi connectivity index (χ4v) is 3.76. The maximum atomic E-state index is 12.3. The Morgan fingerprint density at radius 2 is 2.12 bits per heavy atom. The van der Waals surface area contributed by atoms with Gasteiger partial charge in [0.15, 0.2) is 5.76 Å². The summed E-state index contributed by atoms with van der Waals surface area (Å²) in [6.45, 7) is 5.25. The van der Waals surface area contributed by atoms with Gasteiger partial charge < -0.3 is 15.4 Å². The van der Waals surface area contributed by atoms with Crippen molar-refractivity contribution in [2.24, 2.45) is 0 Å². The van der Waals surface area contributed by atoms with Crippen LogP contribution in [0.5, 0.6) is 0 Å². The second kappa shape index (κ2) is 11.2. The molecule has 5 nitrogen and oxygen atoms in total. The number of nitrogens with one attached hydrogen (secondary N) is 2. The van der Waals surface area contributed by atoms with Crippen molar-refractivity contribution in [3.63, 3.8) is 0 Å². The Kier molecular flexibility index (Phi) is 8.91. The SMILES string of the molecule is CCCSCCCNC(=O)c1ccc(C)c(NC(=O)C2=CSCCO2)c1. The Morgan fingerprint density at radius 3 is 2.85 bits per heavy atom. The van der Waals surface area contributed by atoms with Crippen molar-refractivity contribution >= 4 is 41.0 Å². The number of rotatable bonds is 9. The summed E-state index contributed by atoms with van der Waals surface area (Å²) in [5, 5.41) is 7.50. The first-order valence-electron chi connectivity index (χ1n) is 8.84. The number of ether oxygens (including phenoxy) is 1. The van der Waals surface area contributed by atoms with Crippen molar-refractivity contribution in [1.82, 2.24) is 5.32 Å². The molecule has 0 aromatic heterocycles. The molecular weight excluding hydrogens is 368 g/mol. The molecule has 1 heterocycles. The van der Waals surface area contributed by atoms with E-state index in [1.807, 2.05) is 24.8 Å². The van der Waals surface area contributed by atoms with E-state index in [0.29, 0.717) is 30.2 Å². The third-order valence-corrected chi connectivity index (χ3v) is 5.78. The number of anilines is 1. The Bertz CT molecular complexity index is 662. The van der Waals surface area contributed by atoms with E-state index >= 15 is 0 Å². The van der Waals surface area contributed by atoms with Gasteiger partial charge in [-0.05, 0) is 49.0 Å². The first-order chi connectivity index (χ1) is 12.6. The van der Waals surface area contributed by atoms with Crippen LogP contribution in [-0.4, -0.2) is 42.2 Å². The normalized spacial score (nSPS) is 13.5. The Labute approximate surface area is 163 Å². The van der Waals surface area contributed by atoms with Crippen LogP contribution in [0.4, 0.5) is 5.69 Å². The molecule has 0 aliphatic carbocycles. The average molecular weight is 395 g/mol. The molecule has 2 N–H and O–H groups in total. The lowest BCUT2D eigenvalue weighted by atomic mass is 10.1. The zero-order chi connectivity index (χ0) is 18.8. The molecule has 0 unspecified atom stereocenters. The average Bonchev–Trinajstić information content (AvgIpc) is 2.66. The molecule has 1 aromatic rings. The largest absolute Gasteiger partial charge is 0.487 e. The van der Waals surface area contributed by atoms with Gasteiger partial charge in [-0.1, -0.05) is 13.0 Å². The van der Waals surface area contributed by atoms with Crippen molar-refractivity contribution in [2.45, 2.75) is 26.7 Å². The van der Waals surface area contributed by atoms with Crippen molar-refractivity contribution in [1.29, 1.82) is 0 Å². The predicted molar refractivity (Wildman–Crippen MR) is 111 cm³/mol. The number of carbonyl (C=O) groups excluding carboxylic acids is 2. The van der Waals surface area contributed by atoms with Crippen LogP contribution < -0.4 is 10.6 Å². The lowest BCUT2D eigenvalue weighted by molar-refractivity contribution is -0.116. The highest BCUT2D eigenvalue weighted by Crippen LogP contribution is 2.20. The number of amides is 2. The molecule has 142 valence electrons. The Balaban J connectivity index is 1.90. The van der Waals surface area contributed by atoms with E-state index in [2.05, 4.69) is 17.6 Å². The Hall–Kier alpha value is -1.60. The van der Waals surface area contributed by atoms with E-state index in [0.717, 1.165) is 29.2 Å². The van der Waals surface area contributed by atoms with Gasteiger partial charge in [-0.3, -0.25) is 9.59 Å². The summed E-state index contributed by atoms with van der Waals surface area (Å²) in [4.78, 5) is 24.6. The minimum Gasteiger partial charge on any atom is -0.487 e. The molecule has 7 heteroatoms. The van der Waals surface area contributed by atoms with Gasteiger partial charge in [0, 0.05) is 29.0 Å². The monoisotopic (exact) mass is 394 g/mol. The standard InChI is InChI=1S/C19H26N2O3S2/c1-3-9-25-10-4-7-20-18(22)15-6-5-14(2)16(12-15)21-19(23)17-13-26-11-8-24-17/h5-6,12-13H,3-4,7-11H2,1-2H3,(H,20,22)(H,21,23). The number of carbonyl (C=O) groups is 2. The highest BCUT2D eigenvalue weighted by atomic mass is 32.2. The lowest BCUT2D eigenvalue weighted by Gasteiger charge is -2.15. The van der Waals surface area contributed by atoms with Crippen LogP contribution >= 0.6 is 23.5 Å². The molecule has 0 bridgehead atoms. The minimum atomic E-state index is -0.286. The van der Waals surface area contributed by atoms with Crippen LogP contribution in [0.25, 0.3) is 0 Å². The Morgan fingerprint density at radius 1 is 1.27 bits per heavy atom. The maximum absolute atomic E-state index is 12.3. The first-order valence-corrected chi connectivity index (χ1v) is 11.0. The number of benzene rings is 1. The predicted octanol–water partition coefficient (Wildman–Crippen LogP) is 3.80. The summed E-state index contributed by atoms with van der Waals surface area (Å²) in [5.74, 6) is 2.97. The van der Waals surface area contributed by atoms with Crippen molar-refractivity contribution < 1.29 is 14.3 Å². The van der Waals surface area contributed by atoms with Gasteiger partial charge in [0.05, 0.1) is 6.61 Å².